The van der Waals surface area contributed by atoms with E-state index in [2.05, 4.69) is 5.32 Å². The minimum atomic E-state index is -0.362. The first-order valence-corrected chi connectivity index (χ1v) is 13.3. The summed E-state index contributed by atoms with van der Waals surface area (Å²) in [5, 5.41) is 2.27. The normalized spacial score (nSPS) is 13.0. The predicted molar refractivity (Wildman–Crippen MR) is 151 cm³/mol. The van der Waals surface area contributed by atoms with Crippen LogP contribution < -0.4 is 10.1 Å². The Hall–Kier alpha value is -4.32. The highest BCUT2D eigenvalue weighted by molar-refractivity contribution is 6.33. The number of hydrogen-bond donors (Lipinski definition) is 1. The van der Waals surface area contributed by atoms with Crippen molar-refractivity contribution in [3.05, 3.63) is 113 Å². The zero-order chi connectivity index (χ0) is 27.5. The van der Waals surface area contributed by atoms with Gasteiger partial charge in [0.1, 0.15) is 11.6 Å². The van der Waals surface area contributed by atoms with Crippen LogP contribution in [0.4, 0.5) is 4.39 Å². The van der Waals surface area contributed by atoms with Gasteiger partial charge in [0.15, 0.2) is 5.78 Å². The predicted octanol–water partition coefficient (Wildman–Crippen LogP) is 6.72. The number of unbranched alkanes of at least 4 members (excludes halogenated alkanes) is 5. The first kappa shape index (κ1) is 27.7. The molecule has 0 saturated heterocycles. The Kier molecular flexibility index (Phi) is 9.95. The number of aryl methyl sites for hydroxylation is 1. The van der Waals surface area contributed by atoms with Gasteiger partial charge in [-0.1, -0.05) is 68.2 Å². The lowest BCUT2D eigenvalue weighted by molar-refractivity contribution is -0.123. The third-order valence-corrected chi connectivity index (χ3v) is 6.59. The fourth-order valence-electron chi connectivity index (χ4n) is 4.36. The van der Waals surface area contributed by atoms with E-state index in [9.17, 15) is 18.8 Å². The van der Waals surface area contributed by atoms with E-state index < -0.39 is 0 Å². The molecule has 4 rings (SSSR count). The lowest BCUT2D eigenvalue weighted by atomic mass is 10.0. The maximum Gasteiger partial charge on any atom is 0.258 e. The minimum absolute atomic E-state index is 0.169. The molecule has 0 bridgehead atoms. The van der Waals surface area contributed by atoms with E-state index in [4.69, 9.17) is 4.74 Å². The van der Waals surface area contributed by atoms with E-state index in [0.29, 0.717) is 17.7 Å². The number of amides is 2. The zero-order valence-electron chi connectivity index (χ0n) is 21.8. The van der Waals surface area contributed by atoms with Gasteiger partial charge in [-0.25, -0.2) is 4.39 Å². The van der Waals surface area contributed by atoms with Gasteiger partial charge in [-0.15, -0.1) is 0 Å². The van der Waals surface area contributed by atoms with Crippen molar-refractivity contribution in [1.82, 2.24) is 5.32 Å². The molecule has 3 aromatic carbocycles. The van der Waals surface area contributed by atoms with Crippen LogP contribution in [-0.2, 0) is 16.0 Å². The number of nitrogens with one attached hydrogen (secondary N) is 1. The summed E-state index contributed by atoms with van der Waals surface area (Å²) in [5.74, 6) is -0.418. The molecule has 6 heteroatoms. The lowest BCUT2D eigenvalue weighted by Gasteiger charge is -2.07. The molecule has 200 valence electrons. The molecular formula is C33H32FNO4. The van der Waals surface area contributed by atoms with E-state index in [1.807, 2.05) is 48.5 Å². The second-order valence-electron chi connectivity index (χ2n) is 9.57. The number of hydrogen-bond acceptors (Lipinski definition) is 4. The van der Waals surface area contributed by atoms with Crippen LogP contribution in [0.5, 0.6) is 5.75 Å². The molecule has 0 saturated carbocycles. The molecule has 0 atom stereocenters. The van der Waals surface area contributed by atoms with Crippen molar-refractivity contribution < 1.29 is 23.5 Å². The first-order valence-electron chi connectivity index (χ1n) is 13.3. The van der Waals surface area contributed by atoms with Crippen molar-refractivity contribution in [2.45, 2.75) is 44.9 Å². The number of halogens is 1. The van der Waals surface area contributed by atoms with E-state index in [1.165, 1.54) is 61.2 Å². The Balaban J connectivity index is 1.05. The average molecular weight is 526 g/mol. The molecule has 2 amide bonds. The summed E-state index contributed by atoms with van der Waals surface area (Å²) < 4.78 is 18.8. The van der Waals surface area contributed by atoms with Gasteiger partial charge in [-0.2, -0.15) is 0 Å². The first-order chi connectivity index (χ1) is 19.0. The highest BCUT2D eigenvalue weighted by atomic mass is 19.1. The summed E-state index contributed by atoms with van der Waals surface area (Å²) in [6.07, 6.45) is 12.3. The smallest absolute Gasteiger partial charge is 0.258 e. The molecule has 3 aromatic rings. The fraction of sp³-hybridized carbons (Fsp3) is 0.242. The molecule has 0 aromatic heterocycles. The van der Waals surface area contributed by atoms with Crippen LogP contribution in [0.1, 0.15) is 65.6 Å². The molecule has 5 nitrogen and oxygen atoms in total. The number of rotatable bonds is 14. The maximum absolute atomic E-state index is 13.0. The molecule has 0 unspecified atom stereocenters. The van der Waals surface area contributed by atoms with Crippen LogP contribution in [0.25, 0.3) is 11.6 Å². The standard InChI is InChI=1S/C33H32FNO4/c34-28-17-15-27(16-18-28)31(36)21-12-25-10-19-29(20-11-25)39-22-6-4-2-1-3-5-7-24-8-13-26(14-9-24)30-23-32(37)35-33(30)38/h8-21,23H,1-7,22H2,(H,35,37,38). The lowest BCUT2D eigenvalue weighted by Crippen LogP contribution is -2.21. The molecule has 1 N–H and O–H groups in total. The van der Waals surface area contributed by atoms with E-state index >= 15 is 0 Å². The summed E-state index contributed by atoms with van der Waals surface area (Å²) in [6.45, 7) is 0.671. The van der Waals surface area contributed by atoms with Crippen LogP contribution in [0.2, 0.25) is 0 Å². The SMILES string of the molecule is O=C1C=C(c2ccc(CCCCCCCCOc3ccc(C=CC(=O)c4ccc(F)cc4)cc3)cc2)C(=O)N1. The molecule has 1 heterocycles. The Labute approximate surface area is 228 Å². The van der Waals surface area contributed by atoms with Crippen LogP contribution in [0.15, 0.2) is 84.9 Å². The number of allylic oxidation sites excluding steroid dienone is 1. The molecule has 0 spiro atoms. The van der Waals surface area contributed by atoms with Gasteiger partial charge in [0.25, 0.3) is 11.8 Å². The third kappa shape index (κ3) is 8.60. The van der Waals surface area contributed by atoms with Gasteiger partial charge in [0.2, 0.25) is 0 Å². The Morgan fingerprint density at radius 1 is 0.795 bits per heavy atom. The Morgan fingerprint density at radius 2 is 1.46 bits per heavy atom. The maximum atomic E-state index is 13.0. The van der Waals surface area contributed by atoms with Crippen molar-refractivity contribution in [3.63, 3.8) is 0 Å². The van der Waals surface area contributed by atoms with Gasteiger partial charge in [0, 0.05) is 11.6 Å². The van der Waals surface area contributed by atoms with Crippen LogP contribution in [0.3, 0.4) is 0 Å². The third-order valence-electron chi connectivity index (χ3n) is 6.59. The number of carbonyl (C=O) groups excluding carboxylic acids is 3. The van der Waals surface area contributed by atoms with Gasteiger partial charge in [-0.05, 0) is 78.4 Å². The average Bonchev–Trinajstić information content (AvgIpc) is 3.29. The zero-order valence-corrected chi connectivity index (χ0v) is 21.8. The molecule has 1 aliphatic rings. The number of ketones is 1. The number of carbonyl (C=O) groups is 3. The van der Waals surface area contributed by atoms with Crippen LogP contribution >= 0.6 is 0 Å². The van der Waals surface area contributed by atoms with E-state index in [-0.39, 0.29) is 23.4 Å². The Morgan fingerprint density at radius 3 is 2.13 bits per heavy atom. The van der Waals surface area contributed by atoms with E-state index in [1.54, 1.807) is 6.08 Å². The molecule has 0 aliphatic carbocycles. The van der Waals surface area contributed by atoms with Gasteiger partial charge < -0.3 is 4.74 Å². The van der Waals surface area contributed by atoms with Crippen molar-refractivity contribution >= 4 is 29.2 Å². The largest absolute Gasteiger partial charge is 0.494 e. The topological polar surface area (TPSA) is 72.5 Å². The number of ether oxygens (including phenoxy) is 1. The molecule has 1 aliphatic heterocycles. The highest BCUT2D eigenvalue weighted by Crippen LogP contribution is 2.20. The molecule has 39 heavy (non-hydrogen) atoms. The second kappa shape index (κ2) is 14.0. The number of benzene rings is 3. The van der Waals surface area contributed by atoms with Crippen molar-refractivity contribution in [2.75, 3.05) is 6.61 Å². The van der Waals surface area contributed by atoms with Crippen LogP contribution in [0, 0.1) is 5.82 Å². The summed E-state index contributed by atoms with van der Waals surface area (Å²) in [4.78, 5) is 35.2. The molecular weight excluding hydrogens is 493 g/mol. The summed E-state index contributed by atoms with van der Waals surface area (Å²) in [6, 6.07) is 21.0. The summed E-state index contributed by atoms with van der Waals surface area (Å²) >= 11 is 0. The van der Waals surface area contributed by atoms with Crippen molar-refractivity contribution in [3.8, 4) is 5.75 Å². The fourth-order valence-corrected chi connectivity index (χ4v) is 4.36. The van der Waals surface area contributed by atoms with E-state index in [0.717, 1.165) is 42.6 Å². The van der Waals surface area contributed by atoms with Gasteiger partial charge in [-0.3, -0.25) is 19.7 Å². The quantitative estimate of drug-likeness (QED) is 0.110. The van der Waals surface area contributed by atoms with Crippen molar-refractivity contribution in [2.24, 2.45) is 0 Å². The summed E-state index contributed by atoms with van der Waals surface area (Å²) in [7, 11) is 0. The Bertz CT molecular complexity index is 1340. The molecule has 0 radical (unpaired) electrons. The highest BCUT2D eigenvalue weighted by Gasteiger charge is 2.21. The van der Waals surface area contributed by atoms with Crippen molar-refractivity contribution in [1.29, 1.82) is 0 Å². The van der Waals surface area contributed by atoms with Crippen LogP contribution in [-0.4, -0.2) is 24.2 Å². The second-order valence-corrected chi connectivity index (χ2v) is 9.57. The van der Waals surface area contributed by atoms with Gasteiger partial charge in [0.05, 0.1) is 12.2 Å². The monoisotopic (exact) mass is 525 g/mol. The minimum Gasteiger partial charge on any atom is -0.494 e. The number of imide groups is 1. The van der Waals surface area contributed by atoms with Gasteiger partial charge >= 0.3 is 0 Å². The summed E-state index contributed by atoms with van der Waals surface area (Å²) in [5.41, 5.74) is 3.78. The molecule has 0 fully saturated rings.